The smallest absolute Gasteiger partial charge is 0.204 e. The van der Waals surface area contributed by atoms with Gasteiger partial charge < -0.3 is 10.2 Å². The van der Waals surface area contributed by atoms with Crippen molar-refractivity contribution in [3.05, 3.63) is 29.2 Å². The molecule has 0 saturated heterocycles. The number of sulfone groups is 1. The number of hydrogen-bond acceptors (Lipinski definition) is 4. The lowest BCUT2D eigenvalue weighted by Crippen LogP contribution is -1.93. The summed E-state index contributed by atoms with van der Waals surface area (Å²) in [5.74, 6) is -0.239. The molecule has 0 unspecified atom stereocenters. The number of benzene rings is 1. The molecule has 1 heterocycles. The molecule has 0 atom stereocenters. The SMILES string of the molecule is O=S1(=O)C=C(CCO)c2cccc(O)c21. The minimum Gasteiger partial charge on any atom is -0.507 e. The molecule has 0 aromatic heterocycles. The van der Waals surface area contributed by atoms with E-state index in [1.54, 1.807) is 12.1 Å². The van der Waals surface area contributed by atoms with Crippen LogP contribution >= 0.6 is 0 Å². The second kappa shape index (κ2) is 3.36. The van der Waals surface area contributed by atoms with Crippen LogP contribution in [0.3, 0.4) is 0 Å². The summed E-state index contributed by atoms with van der Waals surface area (Å²) in [4.78, 5) is -0.0477. The molecule has 15 heavy (non-hydrogen) atoms. The number of hydrogen-bond donors (Lipinski definition) is 2. The molecule has 0 aliphatic carbocycles. The van der Waals surface area contributed by atoms with Crippen molar-refractivity contribution in [1.82, 2.24) is 0 Å². The maximum atomic E-state index is 11.6. The molecule has 2 rings (SSSR count). The van der Waals surface area contributed by atoms with Gasteiger partial charge in [0.25, 0.3) is 0 Å². The van der Waals surface area contributed by atoms with Gasteiger partial charge in [0.05, 0.1) is 0 Å². The molecule has 0 bridgehead atoms. The van der Waals surface area contributed by atoms with Gasteiger partial charge >= 0.3 is 0 Å². The van der Waals surface area contributed by atoms with Crippen LogP contribution in [0.2, 0.25) is 0 Å². The highest BCUT2D eigenvalue weighted by Crippen LogP contribution is 2.39. The summed E-state index contributed by atoms with van der Waals surface area (Å²) in [7, 11) is -3.53. The van der Waals surface area contributed by atoms with E-state index in [-0.39, 0.29) is 23.7 Å². The molecule has 4 nitrogen and oxygen atoms in total. The van der Waals surface area contributed by atoms with Crippen LogP contribution in [0, 0.1) is 0 Å². The first-order valence-electron chi connectivity index (χ1n) is 4.45. The van der Waals surface area contributed by atoms with Gasteiger partial charge in [0.1, 0.15) is 10.6 Å². The van der Waals surface area contributed by atoms with Crippen molar-refractivity contribution in [2.75, 3.05) is 6.61 Å². The van der Waals surface area contributed by atoms with Gasteiger partial charge in [-0.15, -0.1) is 0 Å². The monoisotopic (exact) mass is 226 g/mol. The molecule has 5 heteroatoms. The third-order valence-electron chi connectivity index (χ3n) is 2.30. The van der Waals surface area contributed by atoms with Gasteiger partial charge in [0.15, 0.2) is 0 Å². The number of rotatable bonds is 2. The first kappa shape index (κ1) is 10.2. The molecule has 0 fully saturated rings. The lowest BCUT2D eigenvalue weighted by Gasteiger charge is -2.03. The average molecular weight is 226 g/mol. The van der Waals surface area contributed by atoms with Crippen molar-refractivity contribution in [2.45, 2.75) is 11.3 Å². The Labute approximate surface area is 87.4 Å². The lowest BCUT2D eigenvalue weighted by molar-refractivity contribution is 0.305. The van der Waals surface area contributed by atoms with Crippen LogP contribution in [-0.2, 0) is 9.84 Å². The van der Waals surface area contributed by atoms with E-state index in [4.69, 9.17) is 5.11 Å². The molecular formula is C10H10O4S. The Morgan fingerprint density at radius 2 is 2.00 bits per heavy atom. The van der Waals surface area contributed by atoms with E-state index in [9.17, 15) is 13.5 Å². The number of aliphatic hydroxyl groups is 1. The normalized spacial score (nSPS) is 17.3. The number of phenolic OH excluding ortho intramolecular Hbond substituents is 1. The fourth-order valence-corrected chi connectivity index (χ4v) is 3.30. The Morgan fingerprint density at radius 1 is 1.27 bits per heavy atom. The molecule has 0 saturated carbocycles. The summed E-state index contributed by atoms with van der Waals surface area (Å²) < 4.78 is 23.3. The van der Waals surface area contributed by atoms with Gasteiger partial charge in [-0.1, -0.05) is 12.1 Å². The van der Waals surface area contributed by atoms with Gasteiger partial charge in [-0.2, -0.15) is 0 Å². The molecular weight excluding hydrogens is 216 g/mol. The largest absolute Gasteiger partial charge is 0.507 e. The Balaban J connectivity index is 2.68. The fourth-order valence-electron chi connectivity index (χ4n) is 1.70. The molecule has 0 radical (unpaired) electrons. The van der Waals surface area contributed by atoms with Crippen LogP contribution in [0.1, 0.15) is 12.0 Å². The standard InChI is InChI=1S/C10H10O4S/c11-5-4-7-6-15(13,14)10-8(7)2-1-3-9(10)12/h1-3,6,11-12H,4-5H2. The highest BCUT2D eigenvalue weighted by molar-refractivity contribution is 7.95. The predicted octanol–water partition coefficient (Wildman–Crippen LogP) is 0.903. The molecule has 1 aromatic rings. The van der Waals surface area contributed by atoms with E-state index in [0.29, 0.717) is 11.1 Å². The van der Waals surface area contributed by atoms with Gasteiger partial charge in [-0.25, -0.2) is 8.42 Å². The first-order valence-corrected chi connectivity index (χ1v) is 6.00. The molecule has 1 aliphatic heterocycles. The Bertz CT molecular complexity index is 528. The minimum atomic E-state index is -3.53. The maximum Gasteiger partial charge on any atom is 0.204 e. The molecule has 2 N–H and O–H groups in total. The van der Waals surface area contributed by atoms with E-state index in [1.165, 1.54) is 6.07 Å². The zero-order valence-electron chi connectivity index (χ0n) is 7.84. The molecule has 0 spiro atoms. The maximum absolute atomic E-state index is 11.6. The zero-order chi connectivity index (χ0) is 11.1. The Kier molecular flexibility index (Phi) is 2.28. The Hall–Kier alpha value is -1.33. The number of aromatic hydroxyl groups is 1. The summed E-state index contributed by atoms with van der Waals surface area (Å²) in [6.07, 6.45) is 0.273. The van der Waals surface area contributed by atoms with Crippen molar-refractivity contribution in [1.29, 1.82) is 0 Å². The highest BCUT2D eigenvalue weighted by atomic mass is 32.2. The van der Waals surface area contributed by atoms with E-state index in [2.05, 4.69) is 0 Å². The summed E-state index contributed by atoms with van der Waals surface area (Å²) >= 11 is 0. The summed E-state index contributed by atoms with van der Waals surface area (Å²) in [6, 6.07) is 4.55. The molecule has 1 aliphatic rings. The van der Waals surface area contributed by atoms with Crippen LogP contribution in [-0.4, -0.2) is 25.2 Å². The van der Waals surface area contributed by atoms with Gasteiger partial charge in [-0.3, -0.25) is 0 Å². The van der Waals surface area contributed by atoms with Crippen molar-refractivity contribution in [3.8, 4) is 5.75 Å². The van der Waals surface area contributed by atoms with E-state index >= 15 is 0 Å². The van der Waals surface area contributed by atoms with Crippen molar-refractivity contribution in [3.63, 3.8) is 0 Å². The third kappa shape index (κ3) is 1.53. The van der Waals surface area contributed by atoms with Gasteiger partial charge in [-0.05, 0) is 18.1 Å². The quantitative estimate of drug-likeness (QED) is 0.785. The lowest BCUT2D eigenvalue weighted by atomic mass is 10.1. The third-order valence-corrected chi connectivity index (χ3v) is 3.90. The topological polar surface area (TPSA) is 74.6 Å². The van der Waals surface area contributed by atoms with Crippen LogP contribution in [0.5, 0.6) is 5.75 Å². The number of fused-ring (bicyclic) bond motifs is 1. The summed E-state index contributed by atoms with van der Waals surface area (Å²) in [5.41, 5.74) is 1.03. The number of aliphatic hydroxyl groups excluding tert-OH is 1. The van der Waals surface area contributed by atoms with Crippen LogP contribution in [0.4, 0.5) is 0 Å². The van der Waals surface area contributed by atoms with Crippen LogP contribution < -0.4 is 0 Å². The van der Waals surface area contributed by atoms with Crippen LogP contribution in [0.25, 0.3) is 5.57 Å². The van der Waals surface area contributed by atoms with Gasteiger partial charge in [0, 0.05) is 17.6 Å². The first-order chi connectivity index (χ1) is 7.06. The van der Waals surface area contributed by atoms with Crippen molar-refractivity contribution >= 4 is 15.4 Å². The van der Waals surface area contributed by atoms with E-state index in [1.807, 2.05) is 0 Å². The van der Waals surface area contributed by atoms with E-state index in [0.717, 1.165) is 5.41 Å². The minimum absolute atomic E-state index is 0.0477. The van der Waals surface area contributed by atoms with Crippen molar-refractivity contribution < 1.29 is 18.6 Å². The molecule has 80 valence electrons. The van der Waals surface area contributed by atoms with Gasteiger partial charge in [0.2, 0.25) is 9.84 Å². The summed E-state index contributed by atoms with van der Waals surface area (Å²) in [5, 5.41) is 19.4. The highest BCUT2D eigenvalue weighted by Gasteiger charge is 2.29. The molecule has 0 amide bonds. The number of phenols is 1. The zero-order valence-corrected chi connectivity index (χ0v) is 8.66. The van der Waals surface area contributed by atoms with Crippen LogP contribution in [0.15, 0.2) is 28.5 Å². The summed E-state index contributed by atoms with van der Waals surface area (Å²) in [6.45, 7) is -0.115. The average Bonchev–Trinajstić information content (AvgIpc) is 2.40. The second-order valence-corrected chi connectivity index (χ2v) is 5.05. The van der Waals surface area contributed by atoms with Crippen molar-refractivity contribution in [2.24, 2.45) is 0 Å². The Morgan fingerprint density at radius 3 is 2.67 bits per heavy atom. The fraction of sp³-hybridized carbons (Fsp3) is 0.200. The molecule has 1 aromatic carbocycles. The predicted molar refractivity (Wildman–Crippen MR) is 55.0 cm³/mol. The van der Waals surface area contributed by atoms with E-state index < -0.39 is 9.84 Å². The second-order valence-electron chi connectivity index (χ2n) is 3.32.